The molecule has 6 heteroatoms. The molecule has 1 aliphatic rings. The molecule has 0 atom stereocenters. The van der Waals surface area contributed by atoms with Gasteiger partial charge in [0.05, 0.1) is 17.5 Å². The van der Waals surface area contributed by atoms with Gasteiger partial charge in [0.25, 0.3) is 0 Å². The number of carboxylic acid groups (broad SMARTS) is 1. The van der Waals surface area contributed by atoms with Gasteiger partial charge in [-0.3, -0.25) is 4.79 Å². The van der Waals surface area contributed by atoms with E-state index < -0.39 is 11.5 Å². The van der Waals surface area contributed by atoms with E-state index in [9.17, 15) is 4.79 Å². The van der Waals surface area contributed by atoms with E-state index in [0.29, 0.717) is 5.95 Å². The fourth-order valence-electron chi connectivity index (χ4n) is 2.86. The molecule has 0 spiro atoms. The zero-order valence-electron chi connectivity index (χ0n) is 11.0. The molecule has 1 heterocycles. The number of hydrogen-bond acceptors (Lipinski definition) is 5. The third-order valence-electron chi connectivity index (χ3n) is 3.79. The first-order valence-corrected chi connectivity index (χ1v) is 6.76. The smallest absolute Gasteiger partial charge is 0.305 e. The van der Waals surface area contributed by atoms with Gasteiger partial charge in [-0.1, -0.05) is 25.0 Å². The van der Waals surface area contributed by atoms with E-state index in [-0.39, 0.29) is 6.42 Å². The number of nitrogens with one attached hydrogen (secondary N) is 1. The van der Waals surface area contributed by atoms with Crippen molar-refractivity contribution >= 4 is 23.0 Å². The van der Waals surface area contributed by atoms with Crippen LogP contribution >= 0.6 is 0 Å². The molecule has 1 aromatic carbocycles. The fourth-order valence-corrected chi connectivity index (χ4v) is 2.86. The molecular weight excluding hydrogens is 256 g/mol. The Morgan fingerprint density at radius 2 is 1.90 bits per heavy atom. The van der Waals surface area contributed by atoms with Crippen LogP contribution in [-0.4, -0.2) is 31.8 Å². The van der Waals surface area contributed by atoms with Gasteiger partial charge >= 0.3 is 5.97 Å². The van der Waals surface area contributed by atoms with Crippen molar-refractivity contribution in [3.05, 3.63) is 24.3 Å². The summed E-state index contributed by atoms with van der Waals surface area (Å²) in [4.78, 5) is 15.5. The number of benzene rings is 1. The normalized spacial score (nSPS) is 17.2. The number of fused-ring (bicyclic) bond motifs is 1. The van der Waals surface area contributed by atoms with Gasteiger partial charge in [-0.2, -0.15) is 0 Å². The summed E-state index contributed by atoms with van der Waals surface area (Å²) in [6.07, 6.45) is 3.80. The van der Waals surface area contributed by atoms with Crippen molar-refractivity contribution in [2.24, 2.45) is 0 Å². The van der Waals surface area contributed by atoms with Gasteiger partial charge in [0.2, 0.25) is 5.95 Å². The lowest BCUT2D eigenvalue weighted by atomic mass is 9.93. The Morgan fingerprint density at radius 1 is 1.20 bits per heavy atom. The molecule has 0 bridgehead atoms. The van der Waals surface area contributed by atoms with Crippen LogP contribution in [0.1, 0.15) is 32.1 Å². The summed E-state index contributed by atoms with van der Waals surface area (Å²) in [5, 5.41) is 20.5. The third-order valence-corrected chi connectivity index (χ3v) is 3.79. The van der Waals surface area contributed by atoms with Crippen LogP contribution in [0.15, 0.2) is 24.3 Å². The monoisotopic (exact) mass is 272 g/mol. The summed E-state index contributed by atoms with van der Waals surface area (Å²) in [7, 11) is 0. The summed E-state index contributed by atoms with van der Waals surface area (Å²) < 4.78 is 0. The summed E-state index contributed by atoms with van der Waals surface area (Å²) in [5.74, 6) is -0.389. The van der Waals surface area contributed by atoms with Crippen LogP contribution in [0.25, 0.3) is 11.0 Å². The van der Waals surface area contributed by atoms with Crippen molar-refractivity contribution in [2.45, 2.75) is 37.6 Å². The highest BCUT2D eigenvalue weighted by Crippen LogP contribution is 2.35. The first-order chi connectivity index (χ1) is 9.67. The van der Waals surface area contributed by atoms with Gasteiger partial charge in [0, 0.05) is 0 Å². The Bertz CT molecular complexity index is 638. The zero-order chi connectivity index (χ0) is 14.0. The van der Waals surface area contributed by atoms with Crippen LogP contribution in [0.4, 0.5) is 5.95 Å². The molecule has 0 saturated heterocycles. The number of nitrogens with zero attached hydrogens (tertiary/aromatic N) is 3. The number of para-hydroxylation sites is 1. The number of carbonyl (C=O) groups is 1. The van der Waals surface area contributed by atoms with Crippen LogP contribution in [-0.2, 0) is 4.79 Å². The number of rotatable bonds is 4. The Hall–Kier alpha value is -2.24. The summed E-state index contributed by atoms with van der Waals surface area (Å²) in [6, 6.07) is 7.49. The van der Waals surface area contributed by atoms with Gasteiger partial charge in [-0.15, -0.1) is 10.2 Å². The van der Waals surface area contributed by atoms with Crippen molar-refractivity contribution in [1.82, 2.24) is 15.2 Å². The second-order valence-corrected chi connectivity index (χ2v) is 5.31. The highest BCUT2D eigenvalue weighted by Gasteiger charge is 2.36. The summed E-state index contributed by atoms with van der Waals surface area (Å²) in [6.45, 7) is 0. The minimum atomic E-state index is -0.798. The van der Waals surface area contributed by atoms with E-state index in [0.717, 1.165) is 36.7 Å². The molecule has 1 saturated carbocycles. The maximum absolute atomic E-state index is 11.1. The minimum absolute atomic E-state index is 0.0865. The molecule has 6 nitrogen and oxygen atoms in total. The Morgan fingerprint density at radius 3 is 2.60 bits per heavy atom. The van der Waals surface area contributed by atoms with E-state index in [1.54, 1.807) is 0 Å². The lowest BCUT2D eigenvalue weighted by Crippen LogP contribution is -2.38. The van der Waals surface area contributed by atoms with Crippen molar-refractivity contribution in [2.75, 3.05) is 5.32 Å². The molecule has 2 aromatic rings. The molecule has 0 amide bonds. The molecular formula is C14H16N4O2. The zero-order valence-corrected chi connectivity index (χ0v) is 11.0. The first kappa shape index (κ1) is 12.8. The largest absolute Gasteiger partial charge is 0.481 e. The van der Waals surface area contributed by atoms with Crippen LogP contribution in [0, 0.1) is 0 Å². The van der Waals surface area contributed by atoms with E-state index in [2.05, 4.69) is 20.5 Å². The number of hydrogen-bond donors (Lipinski definition) is 2. The van der Waals surface area contributed by atoms with Gasteiger partial charge in [0.15, 0.2) is 0 Å². The fraction of sp³-hybridized carbons (Fsp3) is 0.429. The van der Waals surface area contributed by atoms with Gasteiger partial charge in [0.1, 0.15) is 5.52 Å². The highest BCUT2D eigenvalue weighted by molar-refractivity contribution is 5.74. The second kappa shape index (κ2) is 5.03. The second-order valence-electron chi connectivity index (χ2n) is 5.31. The molecule has 1 aliphatic carbocycles. The number of aliphatic carboxylic acids is 1. The third kappa shape index (κ3) is 2.54. The molecule has 0 radical (unpaired) electrons. The van der Waals surface area contributed by atoms with Gasteiger partial charge < -0.3 is 10.4 Å². The van der Waals surface area contributed by atoms with Crippen molar-refractivity contribution in [3.8, 4) is 0 Å². The van der Waals surface area contributed by atoms with E-state index in [4.69, 9.17) is 5.11 Å². The van der Waals surface area contributed by atoms with Crippen LogP contribution in [0.2, 0.25) is 0 Å². The van der Waals surface area contributed by atoms with Crippen LogP contribution in [0.3, 0.4) is 0 Å². The van der Waals surface area contributed by atoms with E-state index in [1.165, 1.54) is 0 Å². The predicted octanol–water partition coefficient (Wildman–Crippen LogP) is 2.22. The Kier molecular flexibility index (Phi) is 3.22. The van der Waals surface area contributed by atoms with Gasteiger partial charge in [-0.05, 0) is 25.0 Å². The molecule has 1 fully saturated rings. The topological polar surface area (TPSA) is 88.0 Å². The molecule has 0 unspecified atom stereocenters. The molecule has 20 heavy (non-hydrogen) atoms. The first-order valence-electron chi connectivity index (χ1n) is 6.76. The highest BCUT2D eigenvalue weighted by atomic mass is 16.4. The molecule has 0 aliphatic heterocycles. The van der Waals surface area contributed by atoms with Crippen LogP contribution in [0.5, 0.6) is 0 Å². The van der Waals surface area contributed by atoms with E-state index in [1.807, 2.05) is 24.3 Å². The van der Waals surface area contributed by atoms with E-state index >= 15 is 0 Å². The maximum Gasteiger partial charge on any atom is 0.305 e. The summed E-state index contributed by atoms with van der Waals surface area (Å²) >= 11 is 0. The average Bonchev–Trinajstić information content (AvgIpc) is 2.86. The quantitative estimate of drug-likeness (QED) is 0.887. The predicted molar refractivity (Wildman–Crippen MR) is 74.4 cm³/mol. The maximum atomic E-state index is 11.1. The van der Waals surface area contributed by atoms with Crippen molar-refractivity contribution in [3.63, 3.8) is 0 Å². The Balaban J connectivity index is 1.88. The molecule has 104 valence electrons. The number of aromatic nitrogens is 3. The standard InChI is InChI=1S/C14H16N4O2/c19-12(20)9-14(7-3-4-8-14)16-13-15-10-5-1-2-6-11(10)17-18-13/h1-2,5-6H,3-4,7-9H2,(H,19,20)(H,15,16,18). The Labute approximate surface area is 116 Å². The minimum Gasteiger partial charge on any atom is -0.481 e. The number of carboxylic acids is 1. The summed E-state index contributed by atoms with van der Waals surface area (Å²) in [5.41, 5.74) is 1.06. The number of anilines is 1. The molecule has 3 rings (SSSR count). The average molecular weight is 272 g/mol. The SMILES string of the molecule is O=C(O)CC1(Nc2nnc3ccccc3n2)CCCC1. The lowest BCUT2D eigenvalue weighted by Gasteiger charge is -2.28. The van der Waals surface area contributed by atoms with Crippen molar-refractivity contribution in [1.29, 1.82) is 0 Å². The van der Waals surface area contributed by atoms with Crippen molar-refractivity contribution < 1.29 is 9.90 Å². The molecule has 2 N–H and O–H groups in total. The van der Waals surface area contributed by atoms with Gasteiger partial charge in [-0.25, -0.2) is 4.98 Å². The molecule has 1 aromatic heterocycles. The lowest BCUT2D eigenvalue weighted by molar-refractivity contribution is -0.138. The van der Waals surface area contributed by atoms with Crippen LogP contribution < -0.4 is 5.32 Å².